The number of carbonyl (C=O) groups is 1. The highest BCUT2D eigenvalue weighted by atomic mass is 19.1. The van der Waals surface area contributed by atoms with Crippen LogP contribution in [0.5, 0.6) is 5.75 Å². The first kappa shape index (κ1) is 14.7. The summed E-state index contributed by atoms with van der Waals surface area (Å²) < 4.78 is 18.0. The van der Waals surface area contributed by atoms with Crippen LogP contribution in [0.1, 0.15) is 11.1 Å². The monoisotopic (exact) mass is 286 g/mol. The average molecular weight is 286 g/mol. The number of amides is 1. The molecule has 0 aromatic heterocycles. The van der Waals surface area contributed by atoms with Crippen LogP contribution >= 0.6 is 0 Å². The van der Waals surface area contributed by atoms with Crippen molar-refractivity contribution in [1.29, 1.82) is 0 Å². The Labute approximate surface area is 122 Å². The minimum atomic E-state index is -0.367. The van der Waals surface area contributed by atoms with E-state index in [-0.39, 0.29) is 18.3 Å². The fraction of sp³-hybridized carbons (Fsp3) is 0.125. The number of hydrogen-bond donors (Lipinski definition) is 1. The highest BCUT2D eigenvalue weighted by Crippen LogP contribution is 2.10. The molecular formula is C16H15FN2O2. The van der Waals surface area contributed by atoms with Crippen LogP contribution in [0, 0.1) is 12.7 Å². The summed E-state index contributed by atoms with van der Waals surface area (Å²) in [4.78, 5) is 11.5. The van der Waals surface area contributed by atoms with Crippen molar-refractivity contribution in [3.8, 4) is 5.75 Å². The number of hydrazone groups is 1. The van der Waals surface area contributed by atoms with Crippen molar-refractivity contribution in [2.45, 2.75) is 6.92 Å². The molecule has 0 saturated heterocycles. The maximum Gasteiger partial charge on any atom is 0.277 e. The van der Waals surface area contributed by atoms with Crippen molar-refractivity contribution in [3.63, 3.8) is 0 Å². The van der Waals surface area contributed by atoms with Crippen molar-refractivity contribution in [2.75, 3.05) is 6.61 Å². The average Bonchev–Trinajstić information content (AvgIpc) is 2.49. The lowest BCUT2D eigenvalue weighted by atomic mass is 10.2. The van der Waals surface area contributed by atoms with Crippen LogP contribution in [0.15, 0.2) is 53.6 Å². The molecule has 2 aromatic carbocycles. The molecule has 0 heterocycles. The molecule has 0 saturated carbocycles. The van der Waals surface area contributed by atoms with Gasteiger partial charge in [0.2, 0.25) is 0 Å². The summed E-state index contributed by atoms with van der Waals surface area (Å²) in [6.45, 7) is 1.85. The molecule has 1 amide bonds. The Kier molecular flexibility index (Phi) is 5.04. The van der Waals surface area contributed by atoms with Gasteiger partial charge in [0.25, 0.3) is 5.91 Å². The summed E-state index contributed by atoms with van der Waals surface area (Å²) in [6, 6.07) is 13.2. The highest BCUT2D eigenvalue weighted by molar-refractivity contribution is 5.82. The number of rotatable bonds is 5. The summed E-state index contributed by atoms with van der Waals surface area (Å²) in [7, 11) is 0. The van der Waals surface area contributed by atoms with Gasteiger partial charge in [-0.3, -0.25) is 4.79 Å². The van der Waals surface area contributed by atoms with E-state index in [1.165, 1.54) is 18.3 Å². The fourth-order valence-corrected chi connectivity index (χ4v) is 1.54. The zero-order chi connectivity index (χ0) is 15.1. The van der Waals surface area contributed by atoms with Crippen molar-refractivity contribution < 1.29 is 13.9 Å². The van der Waals surface area contributed by atoms with E-state index in [4.69, 9.17) is 4.74 Å². The molecule has 2 rings (SSSR count). The molecule has 5 heteroatoms. The lowest BCUT2D eigenvalue weighted by Gasteiger charge is -2.04. The number of hydrogen-bond acceptors (Lipinski definition) is 3. The Morgan fingerprint density at radius 1 is 1.19 bits per heavy atom. The zero-order valence-corrected chi connectivity index (χ0v) is 11.5. The molecule has 0 aliphatic carbocycles. The maximum atomic E-state index is 12.7. The third kappa shape index (κ3) is 5.06. The van der Waals surface area contributed by atoms with E-state index in [9.17, 15) is 9.18 Å². The third-order valence-corrected chi connectivity index (χ3v) is 2.66. The van der Waals surface area contributed by atoms with E-state index in [0.29, 0.717) is 11.3 Å². The first-order valence-corrected chi connectivity index (χ1v) is 6.40. The van der Waals surface area contributed by atoms with Gasteiger partial charge in [-0.15, -0.1) is 0 Å². The van der Waals surface area contributed by atoms with Gasteiger partial charge in [0.1, 0.15) is 11.6 Å². The topological polar surface area (TPSA) is 50.7 Å². The molecule has 0 fully saturated rings. The Morgan fingerprint density at radius 2 is 1.86 bits per heavy atom. The van der Waals surface area contributed by atoms with E-state index in [0.717, 1.165) is 5.56 Å². The molecule has 1 N–H and O–H groups in total. The van der Waals surface area contributed by atoms with E-state index < -0.39 is 0 Å². The molecule has 4 nitrogen and oxygen atoms in total. The molecule has 0 bridgehead atoms. The molecule has 0 atom stereocenters. The molecule has 0 radical (unpaired) electrons. The van der Waals surface area contributed by atoms with Crippen molar-refractivity contribution in [1.82, 2.24) is 5.43 Å². The van der Waals surface area contributed by atoms with Crippen LogP contribution in [0.25, 0.3) is 0 Å². The lowest BCUT2D eigenvalue weighted by Crippen LogP contribution is -2.24. The third-order valence-electron chi connectivity index (χ3n) is 2.66. The van der Waals surface area contributed by atoms with Crippen molar-refractivity contribution >= 4 is 12.1 Å². The molecule has 0 spiro atoms. The number of nitrogens with one attached hydrogen (secondary N) is 1. The second kappa shape index (κ2) is 7.19. The molecule has 0 aliphatic heterocycles. The minimum Gasteiger partial charge on any atom is -0.484 e. The number of halogens is 1. The van der Waals surface area contributed by atoms with Crippen LogP contribution in [-0.2, 0) is 4.79 Å². The Bertz CT molecular complexity index is 622. The standard InChI is InChI=1S/C16H15FN2O2/c1-12-2-8-15(9-3-12)21-11-16(20)19-18-10-13-4-6-14(17)7-5-13/h2-10H,11H2,1H3,(H,19,20)/b18-10+. The summed E-state index contributed by atoms with van der Waals surface area (Å²) >= 11 is 0. The first-order valence-electron chi connectivity index (χ1n) is 6.40. The van der Waals surface area contributed by atoms with Gasteiger partial charge < -0.3 is 4.74 Å². The number of aryl methyl sites for hydroxylation is 1. The molecule has 108 valence electrons. The van der Waals surface area contributed by atoms with E-state index >= 15 is 0 Å². The summed E-state index contributed by atoms with van der Waals surface area (Å²) in [5.74, 6) is -0.0603. The van der Waals surface area contributed by atoms with Gasteiger partial charge in [0, 0.05) is 0 Å². The van der Waals surface area contributed by atoms with Crippen molar-refractivity contribution in [3.05, 3.63) is 65.5 Å². The van der Waals surface area contributed by atoms with E-state index in [1.54, 1.807) is 24.3 Å². The summed E-state index contributed by atoms with van der Waals surface area (Å²) in [5.41, 5.74) is 4.15. The molecule has 0 aliphatic rings. The molecular weight excluding hydrogens is 271 g/mol. The van der Waals surface area contributed by atoms with Gasteiger partial charge in [-0.05, 0) is 36.8 Å². The maximum absolute atomic E-state index is 12.7. The largest absolute Gasteiger partial charge is 0.484 e. The number of carbonyl (C=O) groups excluding carboxylic acids is 1. The second-order valence-electron chi connectivity index (χ2n) is 4.45. The molecule has 21 heavy (non-hydrogen) atoms. The van der Waals surface area contributed by atoms with Crippen LogP contribution in [0.3, 0.4) is 0 Å². The predicted octanol–water partition coefficient (Wildman–Crippen LogP) is 2.66. The predicted molar refractivity (Wildman–Crippen MR) is 78.8 cm³/mol. The Morgan fingerprint density at radius 3 is 2.52 bits per heavy atom. The van der Waals surface area contributed by atoms with Gasteiger partial charge in [-0.25, -0.2) is 9.82 Å². The van der Waals surface area contributed by atoms with Gasteiger partial charge in [0.05, 0.1) is 6.21 Å². The first-order chi connectivity index (χ1) is 10.1. The van der Waals surface area contributed by atoms with E-state index in [2.05, 4.69) is 10.5 Å². The SMILES string of the molecule is Cc1ccc(OCC(=O)N/N=C/c2ccc(F)cc2)cc1. The molecule has 2 aromatic rings. The zero-order valence-electron chi connectivity index (χ0n) is 11.5. The second-order valence-corrected chi connectivity index (χ2v) is 4.45. The van der Waals surface area contributed by atoms with Gasteiger partial charge >= 0.3 is 0 Å². The van der Waals surface area contributed by atoms with Gasteiger partial charge in [-0.2, -0.15) is 5.10 Å². The van der Waals surface area contributed by atoms with Crippen LogP contribution in [0.4, 0.5) is 4.39 Å². The summed E-state index contributed by atoms with van der Waals surface area (Å²) in [5, 5.41) is 3.77. The molecule has 0 unspecified atom stereocenters. The minimum absolute atomic E-state index is 0.121. The number of benzene rings is 2. The van der Waals surface area contributed by atoms with Crippen LogP contribution < -0.4 is 10.2 Å². The highest BCUT2D eigenvalue weighted by Gasteiger charge is 2.00. The number of ether oxygens (including phenoxy) is 1. The number of nitrogens with zero attached hydrogens (tertiary/aromatic N) is 1. The van der Waals surface area contributed by atoms with Gasteiger partial charge in [-0.1, -0.05) is 29.8 Å². The normalized spacial score (nSPS) is 10.6. The fourth-order valence-electron chi connectivity index (χ4n) is 1.54. The Balaban J connectivity index is 1.77. The van der Waals surface area contributed by atoms with E-state index in [1.807, 2.05) is 19.1 Å². The lowest BCUT2D eigenvalue weighted by molar-refractivity contribution is -0.123. The quantitative estimate of drug-likeness (QED) is 0.678. The van der Waals surface area contributed by atoms with Gasteiger partial charge in [0.15, 0.2) is 6.61 Å². The summed E-state index contributed by atoms with van der Waals surface area (Å²) in [6.07, 6.45) is 1.43. The van der Waals surface area contributed by atoms with Crippen LogP contribution in [0.2, 0.25) is 0 Å². The van der Waals surface area contributed by atoms with Crippen LogP contribution in [-0.4, -0.2) is 18.7 Å². The Hall–Kier alpha value is -2.69. The smallest absolute Gasteiger partial charge is 0.277 e. The van der Waals surface area contributed by atoms with Crippen molar-refractivity contribution in [2.24, 2.45) is 5.10 Å².